The molecule has 0 atom stereocenters. The van der Waals surface area contributed by atoms with Gasteiger partial charge < -0.3 is 0 Å². The van der Waals surface area contributed by atoms with Gasteiger partial charge >= 0.3 is 0 Å². The van der Waals surface area contributed by atoms with Gasteiger partial charge in [-0.05, 0) is 79.9 Å². The molecule has 0 bridgehead atoms. The molecule has 0 fully saturated rings. The highest BCUT2D eigenvalue weighted by Crippen LogP contribution is 2.53. The Morgan fingerprint density at radius 2 is 0.981 bits per heavy atom. The van der Waals surface area contributed by atoms with Crippen molar-refractivity contribution >= 4 is 5.69 Å². The predicted octanol–water partition coefficient (Wildman–Crippen LogP) is 13.3. The summed E-state index contributed by atoms with van der Waals surface area (Å²) in [6, 6.07) is 61.4. The molecule has 0 aliphatic heterocycles. The van der Waals surface area contributed by atoms with Gasteiger partial charge in [0.15, 0.2) is 11.5 Å². The van der Waals surface area contributed by atoms with Gasteiger partial charge in [0.25, 0.3) is 0 Å². The van der Waals surface area contributed by atoms with E-state index in [9.17, 15) is 0 Å². The number of hydrogen-bond donors (Lipinski definition) is 0. The van der Waals surface area contributed by atoms with Crippen LogP contribution in [-0.4, -0.2) is 9.97 Å². The maximum absolute atomic E-state index is 7.68. The average molecular weight is 678 g/mol. The fourth-order valence-electron chi connectivity index (χ4n) is 7.85. The Hall–Kier alpha value is -6.89. The zero-order chi connectivity index (χ0) is 35.9. The van der Waals surface area contributed by atoms with E-state index in [1.807, 2.05) is 30.3 Å². The first-order valence-electron chi connectivity index (χ1n) is 17.9. The van der Waals surface area contributed by atoms with Crippen LogP contribution in [0.15, 0.2) is 176 Å². The highest BCUT2D eigenvalue weighted by atomic mass is 14.9. The van der Waals surface area contributed by atoms with Gasteiger partial charge in [0.1, 0.15) is 0 Å². The van der Waals surface area contributed by atoms with E-state index in [2.05, 4.69) is 164 Å². The standard InChI is InChI=1S/C50H35N3/c1-50(2)44-28-27-39(51-3)31-43(44)48-41(25-14-26-45(48)50)37-21-12-19-35(29-37)36-20-13-22-38(30-36)49-52-46(34-17-8-5-9-18-34)32-47(53-49)42-24-11-10-23-40(42)33-15-6-4-7-16-33/h4-32H,1-2H3. The first kappa shape index (κ1) is 32.0. The van der Waals surface area contributed by atoms with Crippen LogP contribution < -0.4 is 0 Å². The van der Waals surface area contributed by atoms with Crippen molar-refractivity contribution in [3.05, 3.63) is 198 Å². The Morgan fingerprint density at radius 1 is 0.415 bits per heavy atom. The quantitative estimate of drug-likeness (QED) is 0.164. The second-order valence-electron chi connectivity index (χ2n) is 14.1. The Balaban J connectivity index is 1.15. The molecule has 1 heterocycles. The maximum atomic E-state index is 7.68. The molecule has 1 aromatic heterocycles. The molecule has 9 rings (SSSR count). The Labute approximate surface area is 310 Å². The van der Waals surface area contributed by atoms with Crippen LogP contribution in [0.3, 0.4) is 0 Å². The monoisotopic (exact) mass is 677 g/mol. The van der Waals surface area contributed by atoms with E-state index in [0.717, 1.165) is 61.5 Å². The molecule has 0 unspecified atom stereocenters. The van der Waals surface area contributed by atoms with Crippen LogP contribution in [0.2, 0.25) is 0 Å². The average Bonchev–Trinajstić information content (AvgIpc) is 3.46. The van der Waals surface area contributed by atoms with Crippen LogP contribution in [0, 0.1) is 6.57 Å². The zero-order valence-electron chi connectivity index (χ0n) is 29.6. The summed E-state index contributed by atoms with van der Waals surface area (Å²) in [5.74, 6) is 0.678. The summed E-state index contributed by atoms with van der Waals surface area (Å²) in [7, 11) is 0. The van der Waals surface area contributed by atoms with Crippen LogP contribution in [0.25, 0.3) is 83.3 Å². The molecule has 3 heteroatoms. The van der Waals surface area contributed by atoms with Crippen molar-refractivity contribution in [2.75, 3.05) is 0 Å². The summed E-state index contributed by atoms with van der Waals surface area (Å²) in [6.07, 6.45) is 0. The van der Waals surface area contributed by atoms with E-state index in [1.54, 1.807) is 0 Å². The highest BCUT2D eigenvalue weighted by Gasteiger charge is 2.36. The van der Waals surface area contributed by atoms with Gasteiger partial charge in [0, 0.05) is 22.1 Å². The lowest BCUT2D eigenvalue weighted by Gasteiger charge is -2.21. The van der Waals surface area contributed by atoms with Crippen molar-refractivity contribution in [3.63, 3.8) is 0 Å². The molecule has 7 aromatic carbocycles. The molecular weight excluding hydrogens is 643 g/mol. The smallest absolute Gasteiger partial charge is 0.187 e. The number of benzene rings is 7. The summed E-state index contributed by atoms with van der Waals surface area (Å²) in [5.41, 5.74) is 17.1. The molecule has 53 heavy (non-hydrogen) atoms. The number of fused-ring (bicyclic) bond motifs is 3. The third-order valence-corrected chi connectivity index (χ3v) is 10.5. The Kier molecular flexibility index (Phi) is 7.87. The molecule has 0 amide bonds. The second-order valence-corrected chi connectivity index (χ2v) is 14.1. The van der Waals surface area contributed by atoms with Gasteiger partial charge in [-0.25, -0.2) is 14.8 Å². The molecule has 0 radical (unpaired) electrons. The lowest BCUT2D eigenvalue weighted by Crippen LogP contribution is -2.14. The third kappa shape index (κ3) is 5.72. The fourth-order valence-corrected chi connectivity index (χ4v) is 7.85. The Bertz CT molecular complexity index is 2700. The molecule has 0 saturated carbocycles. The third-order valence-electron chi connectivity index (χ3n) is 10.5. The van der Waals surface area contributed by atoms with Crippen molar-refractivity contribution in [3.8, 4) is 78.4 Å². The van der Waals surface area contributed by atoms with Gasteiger partial charge in [-0.3, -0.25) is 0 Å². The van der Waals surface area contributed by atoms with E-state index in [-0.39, 0.29) is 5.41 Å². The van der Waals surface area contributed by atoms with E-state index < -0.39 is 0 Å². The number of aromatic nitrogens is 2. The molecule has 0 N–H and O–H groups in total. The van der Waals surface area contributed by atoms with Gasteiger partial charge in [0.2, 0.25) is 0 Å². The summed E-state index contributed by atoms with van der Waals surface area (Å²) in [5, 5.41) is 0. The summed E-state index contributed by atoms with van der Waals surface area (Å²) in [6.45, 7) is 12.2. The SMILES string of the molecule is [C-]#[N+]c1ccc2c(c1)-c1c(-c3cccc(-c4cccc(-c5nc(-c6ccccc6)cc(-c6ccccc6-c6ccccc6)n5)c4)c3)cccc1C2(C)C. The van der Waals surface area contributed by atoms with Crippen LogP contribution in [0.5, 0.6) is 0 Å². The molecule has 8 aromatic rings. The van der Waals surface area contributed by atoms with Crippen LogP contribution in [-0.2, 0) is 5.41 Å². The van der Waals surface area contributed by atoms with Crippen LogP contribution in [0.1, 0.15) is 25.0 Å². The topological polar surface area (TPSA) is 30.1 Å². The molecule has 1 aliphatic carbocycles. The van der Waals surface area contributed by atoms with Crippen LogP contribution in [0.4, 0.5) is 5.69 Å². The summed E-state index contributed by atoms with van der Waals surface area (Å²) < 4.78 is 0. The summed E-state index contributed by atoms with van der Waals surface area (Å²) >= 11 is 0. The van der Waals surface area contributed by atoms with E-state index in [1.165, 1.54) is 22.3 Å². The van der Waals surface area contributed by atoms with Crippen LogP contribution >= 0.6 is 0 Å². The summed E-state index contributed by atoms with van der Waals surface area (Å²) in [4.78, 5) is 14.2. The lowest BCUT2D eigenvalue weighted by molar-refractivity contribution is 0.660. The molecule has 0 saturated heterocycles. The molecule has 1 aliphatic rings. The van der Waals surface area contributed by atoms with Crippen molar-refractivity contribution < 1.29 is 0 Å². The Morgan fingerprint density at radius 3 is 1.72 bits per heavy atom. The highest BCUT2D eigenvalue weighted by molar-refractivity contribution is 5.94. The minimum Gasteiger partial charge on any atom is -0.238 e. The molecule has 0 spiro atoms. The molecule has 250 valence electrons. The van der Waals surface area contributed by atoms with Crippen molar-refractivity contribution in [2.45, 2.75) is 19.3 Å². The van der Waals surface area contributed by atoms with E-state index in [0.29, 0.717) is 11.5 Å². The predicted molar refractivity (Wildman–Crippen MR) is 218 cm³/mol. The number of nitrogens with zero attached hydrogens (tertiary/aromatic N) is 3. The molecule has 3 nitrogen and oxygen atoms in total. The molecular formula is C50H35N3. The second kappa shape index (κ2) is 13.0. The maximum Gasteiger partial charge on any atom is 0.187 e. The lowest BCUT2D eigenvalue weighted by atomic mass is 9.82. The number of hydrogen-bond acceptors (Lipinski definition) is 2. The fraction of sp³-hybridized carbons (Fsp3) is 0.0600. The minimum atomic E-state index is -0.151. The first-order valence-corrected chi connectivity index (χ1v) is 17.9. The van der Waals surface area contributed by atoms with E-state index in [4.69, 9.17) is 16.5 Å². The van der Waals surface area contributed by atoms with Gasteiger partial charge in [-0.1, -0.05) is 166 Å². The first-order chi connectivity index (χ1) is 26.0. The van der Waals surface area contributed by atoms with Gasteiger partial charge in [-0.2, -0.15) is 0 Å². The van der Waals surface area contributed by atoms with Crippen molar-refractivity contribution in [1.82, 2.24) is 9.97 Å². The minimum absolute atomic E-state index is 0.151. The van der Waals surface area contributed by atoms with Gasteiger partial charge in [0.05, 0.1) is 18.0 Å². The van der Waals surface area contributed by atoms with Crippen molar-refractivity contribution in [1.29, 1.82) is 0 Å². The normalized spacial score (nSPS) is 12.5. The largest absolute Gasteiger partial charge is 0.238 e. The van der Waals surface area contributed by atoms with E-state index >= 15 is 0 Å². The number of rotatable bonds is 6. The van der Waals surface area contributed by atoms with Crippen molar-refractivity contribution in [2.24, 2.45) is 0 Å². The zero-order valence-corrected chi connectivity index (χ0v) is 29.6. The van der Waals surface area contributed by atoms with Gasteiger partial charge in [-0.15, -0.1) is 0 Å².